The molecule has 836 valence electrons. The van der Waals surface area contributed by atoms with E-state index < -0.39 is 110 Å². The van der Waals surface area contributed by atoms with Crippen molar-refractivity contribution in [3.05, 3.63) is 22.8 Å². The lowest BCUT2D eigenvalue weighted by Crippen LogP contribution is -2.42. The van der Waals surface area contributed by atoms with Crippen LogP contribution >= 0.6 is 39.6 Å². The number of methoxy groups -OCH3 is 2. The third-order valence-electron chi connectivity index (χ3n) is 25.9. The molecule has 4 N–H and O–H groups in total. The maximum absolute atomic E-state index is 13.0. The van der Waals surface area contributed by atoms with Gasteiger partial charge in [-0.3, -0.25) is 56.5 Å². The average Bonchev–Trinajstić information content (AvgIpc) is 0.814. The number of nitrogens with zero attached hydrogens (tertiary/aromatic N) is 2. The third kappa shape index (κ3) is 90.9. The van der Waals surface area contributed by atoms with Crippen molar-refractivity contribution in [3.63, 3.8) is 0 Å². The number of esters is 6. The molecule has 0 saturated heterocycles. The molecule has 5 unspecified atom stereocenters. The molecule has 28 nitrogen and oxygen atoms in total. The van der Waals surface area contributed by atoms with E-state index in [9.17, 15) is 57.3 Å². The molecule has 0 heterocycles. The highest BCUT2D eigenvalue weighted by Gasteiger charge is 2.48. The Morgan fingerprint density at radius 2 is 0.573 bits per heavy atom. The van der Waals surface area contributed by atoms with E-state index in [-0.39, 0.29) is 130 Å². The van der Waals surface area contributed by atoms with E-state index in [4.69, 9.17) is 81.4 Å². The van der Waals surface area contributed by atoms with Crippen LogP contribution in [0.4, 0.5) is 0 Å². The van der Waals surface area contributed by atoms with Crippen LogP contribution in [0.3, 0.4) is 0 Å². The standard InChI is InChI=1S/C56H103N2O12PS2.C55H103N2O12P/c1-8-10-12-14-16-18-20-22-24-26-28-30-32-34-36-38-52(60)67-46-50(70-53(61)39-37-35-33-31-29-27-25-23-21-19-17-15-13-11-9-2)47-69-71(63,64)68-43-42-58-51(59)40-41-55(4,57-6)48-56(5,73-49(3)72)54(62)66-45-44-65-7;1-8-10-12-14-16-18-20-22-24-26-28-30-32-34-36-38-51(59)66-46-49(69-52(60)39-37-35-33-31-29-27-25-23-21-19-17-15-13-11-9-2)47-68-70(62,63)67-43-42-57-50(58)40-41-55(5,56-6)48-54(3,4)53(61)65-45-44-64-7/h50H,8-48H2,1-5,7H3,(H,58,59)(H,63,64);49H,8-48H2,1-5,7H3,(H,57,58)(H,62,63)/t50-,55?,56?;49-,55?/m11/s1. The molecule has 0 aromatic rings. The van der Waals surface area contributed by atoms with Gasteiger partial charge in [0, 0.05) is 103 Å². The van der Waals surface area contributed by atoms with Gasteiger partial charge in [-0.15, -0.1) is 11.8 Å². The van der Waals surface area contributed by atoms with E-state index >= 15 is 0 Å². The fraction of sp³-hybridized carbons (Fsp3) is 0.901. The number of phosphoric ester groups is 2. The van der Waals surface area contributed by atoms with Crippen LogP contribution in [0.1, 0.15) is 519 Å². The third-order valence-corrected chi connectivity index (χ3v) is 29.1. The molecule has 0 aromatic carbocycles. The topological polar surface area (TPSA) is 355 Å². The molecule has 7 atom stereocenters. The van der Waals surface area contributed by atoms with E-state index in [1.165, 1.54) is 297 Å². The Labute approximate surface area is 878 Å². The summed E-state index contributed by atoms with van der Waals surface area (Å²) in [4.78, 5) is 131. The largest absolute Gasteiger partial charge is 0.472 e. The Morgan fingerprint density at radius 1 is 0.329 bits per heavy atom. The number of nitrogens with one attached hydrogen (secondary N) is 2. The zero-order valence-corrected chi connectivity index (χ0v) is 95.5. The van der Waals surface area contributed by atoms with Crippen LogP contribution in [0.5, 0.6) is 0 Å². The van der Waals surface area contributed by atoms with Crippen molar-refractivity contribution >= 4 is 91.5 Å². The molecule has 0 aliphatic carbocycles. The van der Waals surface area contributed by atoms with Gasteiger partial charge in [0.05, 0.1) is 51.5 Å². The monoisotopic (exact) mass is 2110 g/mol. The fourth-order valence-corrected chi connectivity index (χ4v) is 20.5. The number of amides is 2. The molecule has 0 rings (SSSR count). The number of unbranched alkanes of at least 4 members (excludes halogenated alkanes) is 56. The van der Waals surface area contributed by atoms with Crippen LogP contribution in [0, 0.1) is 18.6 Å². The summed E-state index contributed by atoms with van der Waals surface area (Å²) in [5.41, 5.74) is -3.09. The van der Waals surface area contributed by atoms with E-state index in [2.05, 4.69) is 48.0 Å². The molecule has 0 bridgehead atoms. The summed E-state index contributed by atoms with van der Waals surface area (Å²) in [6, 6.07) is 0. The summed E-state index contributed by atoms with van der Waals surface area (Å²) in [5, 5.41) is 5.23. The molecule has 0 aromatic heterocycles. The summed E-state index contributed by atoms with van der Waals surface area (Å²) in [6.07, 6.45) is 71.7. The van der Waals surface area contributed by atoms with Crippen molar-refractivity contribution in [2.24, 2.45) is 5.41 Å². The predicted octanol–water partition coefficient (Wildman–Crippen LogP) is 29.4. The lowest BCUT2D eigenvalue weighted by Gasteiger charge is -2.30. The number of hydrogen-bond donors (Lipinski definition) is 4. The average molecular weight is 2110 g/mol. The van der Waals surface area contributed by atoms with Gasteiger partial charge in [-0.1, -0.05) is 399 Å². The zero-order valence-electron chi connectivity index (χ0n) is 92.1. The molecule has 0 spiro atoms. The molecule has 0 radical (unpaired) electrons. The quantitative estimate of drug-likeness (QED) is 0.0110. The van der Waals surface area contributed by atoms with Gasteiger partial charge in [-0.05, 0) is 53.4 Å². The SMILES string of the molecule is [C-]#[N+]C(C)(CCC(=O)NCCOP(=O)(O)OC[C@@H](COC(=O)CCCCCCCCCCCCCCCCC)OC(=O)CCCCCCCCCCCCCCCCC)CC(C)(C)C(=O)OCCOC.[C-]#[N+]C(C)(CCC(=O)NCCOP(=O)(O)OC[C@@H](COC(=O)CCCCCCCCCCCCCCCCC)OC(=O)CCCCCCCCCCCCCCCCC)CC(C)(SC(C)=S)C(=O)OCCOC. The van der Waals surface area contributed by atoms with Crippen LogP contribution in [-0.4, -0.2) is 183 Å². The van der Waals surface area contributed by atoms with Crippen LogP contribution < -0.4 is 10.6 Å². The maximum Gasteiger partial charge on any atom is 0.472 e. The number of carbonyl (C=O) groups is 8. The summed E-state index contributed by atoms with van der Waals surface area (Å²) < 4.78 is 88.3. The highest BCUT2D eigenvalue weighted by Crippen LogP contribution is 2.45. The molecule has 32 heteroatoms. The van der Waals surface area contributed by atoms with Gasteiger partial charge in [0.25, 0.3) is 0 Å². The number of ether oxygens (including phenoxy) is 8. The first kappa shape index (κ1) is 140. The van der Waals surface area contributed by atoms with Crippen molar-refractivity contribution < 1.29 is 113 Å². The van der Waals surface area contributed by atoms with Gasteiger partial charge < -0.3 is 68.0 Å². The van der Waals surface area contributed by atoms with Gasteiger partial charge in [0.1, 0.15) is 31.2 Å². The Kier molecular flexibility index (Phi) is 93.9. The zero-order chi connectivity index (χ0) is 106. The second kappa shape index (κ2) is 95.7. The lowest BCUT2D eigenvalue weighted by molar-refractivity contribution is -0.161. The number of thiocarbonyl (C=S) groups is 1. The van der Waals surface area contributed by atoms with Crippen LogP contribution in [-0.2, 0) is 103 Å². The second-order valence-electron chi connectivity index (χ2n) is 40.8. The normalized spacial score (nSPS) is 14.0. The number of thioether (sulfide) groups is 1. The Bertz CT molecular complexity index is 3370. The summed E-state index contributed by atoms with van der Waals surface area (Å²) in [5.74, 6) is -3.70. The fourth-order valence-electron chi connectivity index (χ4n) is 17.2. The Morgan fingerprint density at radius 3 is 0.825 bits per heavy atom. The molecular formula is C111H206N4O24P2S2. The predicted molar refractivity (Wildman–Crippen MR) is 581 cm³/mol. The summed E-state index contributed by atoms with van der Waals surface area (Å²) in [6.45, 7) is 32.6. The second-order valence-corrected chi connectivity index (χ2v) is 46.3. The van der Waals surface area contributed by atoms with Crippen molar-refractivity contribution in [3.8, 4) is 0 Å². The van der Waals surface area contributed by atoms with Crippen LogP contribution in [0.2, 0.25) is 0 Å². The van der Waals surface area contributed by atoms with E-state index in [0.29, 0.717) is 29.9 Å². The molecule has 0 aliphatic heterocycles. The summed E-state index contributed by atoms with van der Waals surface area (Å²) in [7, 11) is -6.35. The minimum atomic E-state index is -4.69. The lowest BCUT2D eigenvalue weighted by atomic mass is 9.77. The van der Waals surface area contributed by atoms with Crippen molar-refractivity contribution in [2.75, 3.05) is 93.4 Å². The number of rotatable bonds is 103. The maximum atomic E-state index is 13.0. The first-order valence-corrected chi connectivity index (χ1v) is 60.7. The van der Waals surface area contributed by atoms with Crippen molar-refractivity contribution in [1.29, 1.82) is 0 Å². The number of phosphoric acid groups is 2. The van der Waals surface area contributed by atoms with Gasteiger partial charge in [-0.25, -0.2) is 22.3 Å². The van der Waals surface area contributed by atoms with E-state index in [1.54, 1.807) is 41.5 Å². The molecule has 143 heavy (non-hydrogen) atoms. The van der Waals surface area contributed by atoms with E-state index in [0.717, 1.165) is 88.8 Å². The molecule has 0 fully saturated rings. The minimum Gasteiger partial charge on any atom is -0.463 e. The minimum absolute atomic E-state index is 0.0222. The van der Waals surface area contributed by atoms with Crippen molar-refractivity contribution in [2.45, 2.75) is 547 Å². The van der Waals surface area contributed by atoms with E-state index in [1.807, 2.05) is 0 Å². The van der Waals surface area contributed by atoms with Gasteiger partial charge >= 0.3 is 51.5 Å². The number of carbonyl (C=O) groups excluding carboxylic acids is 8. The van der Waals surface area contributed by atoms with Gasteiger partial charge in [-0.2, -0.15) is 0 Å². The number of hydrogen-bond acceptors (Lipinski definition) is 24. The first-order valence-electron chi connectivity index (χ1n) is 56.4. The molecule has 0 aliphatic rings. The Hall–Kier alpha value is -4.68. The van der Waals surface area contributed by atoms with Crippen LogP contribution in [0.15, 0.2) is 0 Å². The smallest absolute Gasteiger partial charge is 0.463 e. The highest BCUT2D eigenvalue weighted by atomic mass is 32.2. The van der Waals surface area contributed by atoms with Gasteiger partial charge in [0.2, 0.25) is 22.9 Å². The Balaban J connectivity index is 0. The first-order chi connectivity index (χ1) is 68.7. The molecule has 2 amide bonds. The highest BCUT2D eigenvalue weighted by molar-refractivity contribution is 8.24. The van der Waals surface area contributed by atoms with Crippen LogP contribution in [0.25, 0.3) is 9.69 Å². The van der Waals surface area contributed by atoms with Crippen molar-refractivity contribution in [1.82, 2.24) is 10.6 Å². The van der Waals surface area contributed by atoms with Gasteiger partial charge in [0.15, 0.2) is 12.2 Å². The molecule has 0 saturated carbocycles. The molecular weight excluding hydrogens is 1900 g/mol. The summed E-state index contributed by atoms with van der Waals surface area (Å²) >= 11 is 6.41.